The van der Waals surface area contributed by atoms with Gasteiger partial charge in [-0.1, -0.05) is 48.5 Å². The normalized spacial score (nSPS) is 16.0. The second kappa shape index (κ2) is 6.71. The van der Waals surface area contributed by atoms with Crippen LogP contribution in [0.1, 0.15) is 11.1 Å². The summed E-state index contributed by atoms with van der Waals surface area (Å²) in [5.41, 5.74) is 3.88. The third-order valence-electron chi connectivity index (χ3n) is 5.36. The van der Waals surface area contributed by atoms with E-state index in [0.717, 1.165) is 22.6 Å². The van der Waals surface area contributed by atoms with Gasteiger partial charge in [-0.3, -0.25) is 9.59 Å². The summed E-state index contributed by atoms with van der Waals surface area (Å²) in [5, 5.41) is 0. The van der Waals surface area contributed by atoms with Crippen molar-refractivity contribution in [3.8, 4) is 0 Å². The van der Waals surface area contributed by atoms with Crippen LogP contribution in [0.3, 0.4) is 0 Å². The zero-order chi connectivity index (χ0) is 20.0. The first kappa shape index (κ1) is 17.4. The second-order valence-electron chi connectivity index (χ2n) is 7.04. The van der Waals surface area contributed by atoms with Crippen LogP contribution in [0.4, 0.5) is 15.8 Å². The Morgan fingerprint density at radius 3 is 2.21 bits per heavy atom. The first-order valence-electron chi connectivity index (χ1n) is 9.44. The highest BCUT2D eigenvalue weighted by Crippen LogP contribution is 2.39. The molecular formula is C24H17FN2O2. The van der Waals surface area contributed by atoms with E-state index in [1.165, 1.54) is 24.3 Å². The summed E-state index contributed by atoms with van der Waals surface area (Å²) >= 11 is 0. The van der Waals surface area contributed by atoms with E-state index in [2.05, 4.69) is 0 Å². The maximum Gasteiger partial charge on any atom is 0.282 e. The molecule has 0 saturated heterocycles. The van der Waals surface area contributed by atoms with Gasteiger partial charge in [0.15, 0.2) is 0 Å². The van der Waals surface area contributed by atoms with Crippen molar-refractivity contribution in [1.29, 1.82) is 0 Å². The van der Waals surface area contributed by atoms with Gasteiger partial charge in [0.05, 0.1) is 11.3 Å². The number of imide groups is 1. The minimum absolute atomic E-state index is 0.359. The monoisotopic (exact) mass is 384 g/mol. The molecule has 3 aromatic carbocycles. The fourth-order valence-electron chi connectivity index (χ4n) is 4.03. The highest BCUT2D eigenvalue weighted by atomic mass is 19.1. The Hall–Kier alpha value is -3.73. The lowest BCUT2D eigenvalue weighted by Gasteiger charge is -2.21. The maximum absolute atomic E-state index is 13.5. The van der Waals surface area contributed by atoms with Crippen molar-refractivity contribution >= 4 is 28.8 Å². The van der Waals surface area contributed by atoms with Crippen LogP contribution in [0.15, 0.2) is 84.6 Å². The molecule has 0 aliphatic carbocycles. The van der Waals surface area contributed by atoms with Crippen molar-refractivity contribution in [2.75, 3.05) is 16.3 Å². The van der Waals surface area contributed by atoms with Crippen LogP contribution < -0.4 is 9.80 Å². The fraction of sp³-hybridized carbons (Fsp3) is 0.0833. The van der Waals surface area contributed by atoms with Gasteiger partial charge in [0.25, 0.3) is 11.8 Å². The zero-order valence-electron chi connectivity index (χ0n) is 15.5. The number of rotatable bonds is 3. The van der Waals surface area contributed by atoms with Crippen LogP contribution in [0.25, 0.3) is 5.57 Å². The minimum Gasteiger partial charge on any atom is -0.336 e. The molecule has 4 nitrogen and oxygen atoms in total. The molecule has 142 valence electrons. The van der Waals surface area contributed by atoms with Gasteiger partial charge in [0, 0.05) is 12.2 Å². The Kier molecular flexibility index (Phi) is 4.02. The van der Waals surface area contributed by atoms with Crippen molar-refractivity contribution in [1.82, 2.24) is 0 Å². The molecule has 5 heteroatoms. The van der Waals surface area contributed by atoms with Gasteiger partial charge >= 0.3 is 0 Å². The molecular weight excluding hydrogens is 367 g/mol. The van der Waals surface area contributed by atoms with Gasteiger partial charge in [0.1, 0.15) is 11.5 Å². The van der Waals surface area contributed by atoms with Crippen molar-refractivity contribution < 1.29 is 14.0 Å². The summed E-state index contributed by atoms with van der Waals surface area (Å²) in [6.45, 7) is 0.626. The number of benzene rings is 3. The summed E-state index contributed by atoms with van der Waals surface area (Å²) in [5.74, 6) is -1.21. The van der Waals surface area contributed by atoms with Gasteiger partial charge in [-0.2, -0.15) is 0 Å². The number of carbonyl (C=O) groups excluding carboxylic acids is 2. The molecule has 29 heavy (non-hydrogen) atoms. The molecule has 0 radical (unpaired) electrons. The standard InChI is InChI=1S/C24H17FN2O2/c25-18-10-12-19(13-11-18)27-23(28)21(17-7-2-1-3-8-17)22(24(27)29)26-15-14-16-6-4-5-9-20(16)26/h1-13H,14-15H2. The van der Waals surface area contributed by atoms with Gasteiger partial charge in [-0.25, -0.2) is 9.29 Å². The van der Waals surface area contributed by atoms with Gasteiger partial charge in [-0.05, 0) is 47.9 Å². The quantitative estimate of drug-likeness (QED) is 0.637. The minimum atomic E-state index is -0.419. The molecule has 0 aromatic heterocycles. The highest BCUT2D eigenvalue weighted by molar-refractivity contribution is 6.46. The molecule has 2 amide bonds. The average Bonchev–Trinajstić information content (AvgIpc) is 3.28. The molecule has 0 atom stereocenters. The van der Waals surface area contributed by atoms with E-state index in [0.29, 0.717) is 29.1 Å². The first-order chi connectivity index (χ1) is 14.1. The van der Waals surface area contributed by atoms with Crippen LogP contribution in [-0.4, -0.2) is 18.4 Å². The number of hydrogen-bond acceptors (Lipinski definition) is 3. The number of anilines is 2. The molecule has 0 spiro atoms. The van der Waals surface area contributed by atoms with E-state index in [1.807, 2.05) is 59.5 Å². The summed E-state index contributed by atoms with van der Waals surface area (Å²) in [6.07, 6.45) is 0.805. The smallest absolute Gasteiger partial charge is 0.282 e. The zero-order valence-corrected chi connectivity index (χ0v) is 15.5. The molecule has 3 aromatic rings. The number of para-hydroxylation sites is 1. The molecule has 2 aliphatic heterocycles. The Balaban J connectivity index is 1.68. The lowest BCUT2D eigenvalue weighted by Crippen LogP contribution is -2.34. The number of nitrogens with zero attached hydrogens (tertiary/aromatic N) is 2. The number of hydrogen-bond donors (Lipinski definition) is 0. The van der Waals surface area contributed by atoms with Gasteiger partial charge in [0.2, 0.25) is 0 Å². The molecule has 2 aliphatic rings. The average molecular weight is 384 g/mol. The summed E-state index contributed by atoms with van der Waals surface area (Å²) in [4.78, 5) is 30.0. The SMILES string of the molecule is O=C1C(c2ccccc2)=C(N2CCc3ccccc32)C(=O)N1c1ccc(F)cc1. The van der Waals surface area contributed by atoms with Crippen LogP contribution in [0.5, 0.6) is 0 Å². The number of amides is 2. The largest absolute Gasteiger partial charge is 0.336 e. The van der Waals surface area contributed by atoms with Crippen molar-refractivity contribution in [3.05, 3.63) is 102 Å². The summed E-state index contributed by atoms with van der Waals surface area (Å²) in [7, 11) is 0. The lowest BCUT2D eigenvalue weighted by molar-refractivity contribution is -0.120. The maximum atomic E-state index is 13.5. The molecule has 0 fully saturated rings. The van der Waals surface area contributed by atoms with Gasteiger partial charge in [-0.15, -0.1) is 0 Å². The Bertz CT molecular complexity index is 1150. The van der Waals surface area contributed by atoms with E-state index >= 15 is 0 Å². The second-order valence-corrected chi connectivity index (χ2v) is 7.04. The predicted octanol–water partition coefficient (Wildman–Crippen LogP) is 4.17. The van der Waals surface area contributed by atoms with E-state index in [-0.39, 0.29) is 0 Å². The van der Waals surface area contributed by atoms with E-state index in [4.69, 9.17) is 0 Å². The van der Waals surface area contributed by atoms with Crippen LogP contribution in [0, 0.1) is 5.82 Å². The molecule has 5 rings (SSSR count). The molecule has 0 N–H and O–H groups in total. The van der Waals surface area contributed by atoms with Crippen LogP contribution >= 0.6 is 0 Å². The fourth-order valence-corrected chi connectivity index (χ4v) is 4.03. The number of fused-ring (bicyclic) bond motifs is 1. The Morgan fingerprint density at radius 1 is 0.759 bits per heavy atom. The molecule has 0 unspecified atom stereocenters. The van der Waals surface area contributed by atoms with E-state index in [1.54, 1.807) is 0 Å². The molecule has 2 heterocycles. The molecule has 0 bridgehead atoms. The van der Waals surface area contributed by atoms with E-state index < -0.39 is 17.6 Å². The van der Waals surface area contributed by atoms with Crippen molar-refractivity contribution in [2.24, 2.45) is 0 Å². The van der Waals surface area contributed by atoms with Crippen molar-refractivity contribution in [2.45, 2.75) is 6.42 Å². The van der Waals surface area contributed by atoms with Gasteiger partial charge < -0.3 is 4.90 Å². The number of carbonyl (C=O) groups is 2. The third kappa shape index (κ3) is 2.74. The Labute approximate surface area is 167 Å². The topological polar surface area (TPSA) is 40.6 Å². The number of halogens is 1. The van der Waals surface area contributed by atoms with Crippen LogP contribution in [0.2, 0.25) is 0 Å². The highest BCUT2D eigenvalue weighted by Gasteiger charge is 2.43. The lowest BCUT2D eigenvalue weighted by atomic mass is 10.0. The van der Waals surface area contributed by atoms with E-state index in [9.17, 15) is 14.0 Å². The predicted molar refractivity (Wildman–Crippen MR) is 110 cm³/mol. The van der Waals surface area contributed by atoms with Crippen LogP contribution in [-0.2, 0) is 16.0 Å². The summed E-state index contributed by atoms with van der Waals surface area (Å²) < 4.78 is 13.4. The summed E-state index contributed by atoms with van der Waals surface area (Å²) in [6, 6.07) is 22.5. The van der Waals surface area contributed by atoms with Crippen molar-refractivity contribution in [3.63, 3.8) is 0 Å². The molecule has 0 saturated carbocycles. The Morgan fingerprint density at radius 2 is 1.45 bits per heavy atom. The first-order valence-corrected chi connectivity index (χ1v) is 9.44. The third-order valence-corrected chi connectivity index (χ3v) is 5.36.